The fourth-order valence-electron chi connectivity index (χ4n) is 4.04. The van der Waals surface area contributed by atoms with Gasteiger partial charge in [0.05, 0.1) is 36.1 Å². The van der Waals surface area contributed by atoms with Gasteiger partial charge in [-0.2, -0.15) is 17.0 Å². The third-order valence-electron chi connectivity index (χ3n) is 5.93. The first kappa shape index (κ1) is 20.7. The van der Waals surface area contributed by atoms with E-state index in [1.165, 1.54) is 14.7 Å². The summed E-state index contributed by atoms with van der Waals surface area (Å²) in [6, 6.07) is 6.08. The summed E-state index contributed by atoms with van der Waals surface area (Å²) in [4.78, 5) is 6.96. The van der Waals surface area contributed by atoms with Gasteiger partial charge in [0.15, 0.2) is 0 Å². The first-order valence-electron chi connectivity index (χ1n) is 9.88. The number of methoxy groups -OCH3 is 1. The van der Waals surface area contributed by atoms with Gasteiger partial charge in [-0.3, -0.25) is 4.98 Å². The Hall–Kier alpha value is -1.52. The van der Waals surface area contributed by atoms with Gasteiger partial charge in [-0.25, -0.2) is 0 Å². The summed E-state index contributed by atoms with van der Waals surface area (Å²) in [5, 5.41) is 0. The van der Waals surface area contributed by atoms with E-state index in [9.17, 15) is 8.42 Å². The SMILES string of the molecule is CCN(C)S(=O)(=O)N1CCC2(CC1)OCCc1sc(-c3ccc(OC)cn3)cc12. The molecule has 0 radical (unpaired) electrons. The molecule has 0 aliphatic carbocycles. The Bertz CT molecular complexity index is 964. The van der Waals surface area contributed by atoms with Crippen LogP contribution in [0.1, 0.15) is 30.2 Å². The van der Waals surface area contributed by atoms with Crippen molar-refractivity contribution >= 4 is 21.5 Å². The number of nitrogens with zero attached hydrogens (tertiary/aromatic N) is 3. The van der Waals surface area contributed by atoms with E-state index in [2.05, 4.69) is 11.1 Å². The van der Waals surface area contributed by atoms with Gasteiger partial charge >= 0.3 is 0 Å². The second-order valence-electron chi connectivity index (χ2n) is 7.44. The first-order valence-corrected chi connectivity index (χ1v) is 12.1. The maximum absolute atomic E-state index is 12.7. The lowest BCUT2D eigenvalue weighted by Crippen LogP contribution is -2.51. The van der Waals surface area contributed by atoms with Crippen LogP contribution in [0.15, 0.2) is 24.4 Å². The summed E-state index contributed by atoms with van der Waals surface area (Å²) < 4.78 is 39.8. The van der Waals surface area contributed by atoms with E-state index in [1.54, 1.807) is 36.0 Å². The molecule has 0 atom stereocenters. The molecule has 158 valence electrons. The molecule has 29 heavy (non-hydrogen) atoms. The molecule has 4 rings (SSSR count). The van der Waals surface area contributed by atoms with Crippen molar-refractivity contribution in [3.8, 4) is 16.3 Å². The lowest BCUT2D eigenvalue weighted by Gasteiger charge is -2.44. The molecular weight excluding hydrogens is 410 g/mol. The van der Waals surface area contributed by atoms with Crippen molar-refractivity contribution in [3.63, 3.8) is 0 Å². The molecule has 2 aromatic rings. The van der Waals surface area contributed by atoms with Crippen LogP contribution < -0.4 is 4.74 Å². The van der Waals surface area contributed by atoms with Gasteiger partial charge in [-0.15, -0.1) is 11.3 Å². The predicted octanol–water partition coefficient (Wildman–Crippen LogP) is 2.88. The molecule has 1 saturated heterocycles. The minimum absolute atomic E-state index is 0.397. The van der Waals surface area contributed by atoms with Crippen molar-refractivity contribution in [2.45, 2.75) is 31.8 Å². The molecule has 2 aromatic heterocycles. The summed E-state index contributed by atoms with van der Waals surface area (Å²) in [6.07, 6.45) is 3.96. The Balaban J connectivity index is 1.58. The molecule has 0 saturated carbocycles. The molecule has 1 fully saturated rings. The summed E-state index contributed by atoms with van der Waals surface area (Å²) in [5.41, 5.74) is 1.73. The van der Waals surface area contributed by atoms with Gasteiger partial charge in [0, 0.05) is 38.0 Å². The smallest absolute Gasteiger partial charge is 0.281 e. The highest BCUT2D eigenvalue weighted by atomic mass is 32.2. The zero-order valence-corrected chi connectivity index (χ0v) is 18.7. The van der Waals surface area contributed by atoms with E-state index in [1.807, 2.05) is 19.1 Å². The maximum Gasteiger partial charge on any atom is 0.281 e. The Morgan fingerprint density at radius 3 is 2.72 bits per heavy atom. The number of thiophene rings is 1. The van der Waals surface area contributed by atoms with E-state index < -0.39 is 15.8 Å². The molecule has 0 amide bonds. The minimum Gasteiger partial charge on any atom is -0.495 e. The Morgan fingerprint density at radius 2 is 2.10 bits per heavy atom. The maximum atomic E-state index is 12.7. The van der Waals surface area contributed by atoms with E-state index in [4.69, 9.17) is 9.47 Å². The average molecular weight is 438 g/mol. The number of pyridine rings is 1. The molecule has 0 N–H and O–H groups in total. The molecule has 2 aliphatic heterocycles. The Morgan fingerprint density at radius 1 is 1.34 bits per heavy atom. The van der Waals surface area contributed by atoms with Crippen LogP contribution in [0, 0.1) is 0 Å². The number of aromatic nitrogens is 1. The zero-order chi connectivity index (χ0) is 20.6. The monoisotopic (exact) mass is 437 g/mol. The summed E-state index contributed by atoms with van der Waals surface area (Å²) in [5.74, 6) is 0.737. The van der Waals surface area contributed by atoms with Gasteiger partial charge in [0.2, 0.25) is 0 Å². The van der Waals surface area contributed by atoms with E-state index in [0.717, 1.165) is 22.7 Å². The number of ether oxygens (including phenoxy) is 2. The van der Waals surface area contributed by atoms with Crippen molar-refractivity contribution in [2.75, 3.05) is 40.4 Å². The quantitative estimate of drug-likeness (QED) is 0.719. The van der Waals surface area contributed by atoms with Gasteiger partial charge in [0.25, 0.3) is 10.2 Å². The molecule has 4 heterocycles. The third-order valence-corrected chi connectivity index (χ3v) is 9.21. The van der Waals surface area contributed by atoms with Crippen LogP contribution in [0.2, 0.25) is 0 Å². The predicted molar refractivity (Wildman–Crippen MR) is 113 cm³/mol. The summed E-state index contributed by atoms with van der Waals surface area (Å²) >= 11 is 1.76. The zero-order valence-electron chi connectivity index (χ0n) is 17.1. The minimum atomic E-state index is -3.40. The number of rotatable bonds is 5. The summed E-state index contributed by atoms with van der Waals surface area (Å²) in [7, 11) is -0.139. The van der Waals surface area contributed by atoms with Crippen molar-refractivity contribution in [3.05, 3.63) is 34.8 Å². The largest absolute Gasteiger partial charge is 0.495 e. The molecule has 0 aromatic carbocycles. The highest BCUT2D eigenvalue weighted by Crippen LogP contribution is 2.46. The van der Waals surface area contributed by atoms with E-state index in [-0.39, 0.29) is 0 Å². The molecule has 7 nitrogen and oxygen atoms in total. The number of hydrogen-bond acceptors (Lipinski definition) is 6. The van der Waals surface area contributed by atoms with Crippen LogP contribution in [-0.4, -0.2) is 62.4 Å². The second kappa shape index (κ2) is 7.96. The third kappa shape index (κ3) is 3.70. The van der Waals surface area contributed by atoms with Crippen molar-refractivity contribution in [2.24, 2.45) is 0 Å². The van der Waals surface area contributed by atoms with Crippen molar-refractivity contribution < 1.29 is 17.9 Å². The number of fused-ring (bicyclic) bond motifs is 2. The standard InChI is InChI=1S/C20H27N3O4S2/c1-4-22(2)29(24,25)23-10-8-20(9-11-23)16-13-19(28-18(16)7-12-27-20)17-6-5-15(26-3)14-21-17/h5-6,13-14H,4,7-12H2,1-3H3. The molecular formula is C20H27N3O4S2. The molecule has 9 heteroatoms. The lowest BCUT2D eigenvalue weighted by molar-refractivity contribution is -0.0886. The number of hydrogen-bond donors (Lipinski definition) is 0. The van der Waals surface area contributed by atoms with Crippen molar-refractivity contribution in [1.29, 1.82) is 0 Å². The highest BCUT2D eigenvalue weighted by molar-refractivity contribution is 7.86. The van der Waals surface area contributed by atoms with E-state index >= 15 is 0 Å². The van der Waals surface area contributed by atoms with Gasteiger partial charge < -0.3 is 9.47 Å². The molecule has 1 spiro atoms. The van der Waals surface area contributed by atoms with Crippen LogP contribution in [0.25, 0.3) is 10.6 Å². The van der Waals surface area contributed by atoms with Crippen LogP contribution in [0.4, 0.5) is 0 Å². The second-order valence-corrected chi connectivity index (χ2v) is 10.6. The fourth-order valence-corrected chi connectivity index (χ4v) is 6.61. The Kier molecular flexibility index (Phi) is 5.69. The van der Waals surface area contributed by atoms with Crippen LogP contribution in [0.5, 0.6) is 5.75 Å². The van der Waals surface area contributed by atoms with Gasteiger partial charge in [-0.1, -0.05) is 6.92 Å². The van der Waals surface area contributed by atoms with Gasteiger partial charge in [0.1, 0.15) is 5.75 Å². The summed E-state index contributed by atoms with van der Waals surface area (Å²) in [6.45, 7) is 3.92. The van der Waals surface area contributed by atoms with Crippen LogP contribution in [-0.2, 0) is 27.0 Å². The van der Waals surface area contributed by atoms with Crippen molar-refractivity contribution in [1.82, 2.24) is 13.6 Å². The average Bonchev–Trinajstić information content (AvgIpc) is 3.19. The van der Waals surface area contributed by atoms with Crippen LogP contribution in [0.3, 0.4) is 0 Å². The van der Waals surface area contributed by atoms with Crippen LogP contribution >= 0.6 is 11.3 Å². The molecule has 0 unspecified atom stereocenters. The highest BCUT2D eigenvalue weighted by Gasteiger charge is 2.44. The fraction of sp³-hybridized carbons (Fsp3) is 0.550. The first-order chi connectivity index (χ1) is 13.9. The topological polar surface area (TPSA) is 72.0 Å². The lowest BCUT2D eigenvalue weighted by atomic mass is 9.83. The number of piperidine rings is 1. The molecule has 2 aliphatic rings. The normalized spacial score (nSPS) is 19.4. The van der Waals surface area contributed by atoms with Gasteiger partial charge in [-0.05, 0) is 36.6 Å². The molecule has 0 bridgehead atoms. The Labute approximate surface area is 176 Å². The van der Waals surface area contributed by atoms with E-state index in [0.29, 0.717) is 39.1 Å².